The Bertz CT molecular complexity index is 1490. The molecule has 0 radical (unpaired) electrons. The summed E-state index contributed by atoms with van der Waals surface area (Å²) in [5, 5.41) is 10.9. The zero-order valence-corrected chi connectivity index (χ0v) is 20.2. The fraction of sp³-hybridized carbons (Fsp3) is 0. The summed E-state index contributed by atoms with van der Waals surface area (Å²) in [6.45, 7) is 0. The predicted molar refractivity (Wildman–Crippen MR) is 153 cm³/mol. The van der Waals surface area contributed by atoms with Gasteiger partial charge in [0.2, 0.25) is 0 Å². The standard InChI is InChI=1S/C34H25NO2/c36-35(37)32-24-20-27(21-25-32)17-16-26-18-22-31(23-19-26)34(30-14-8-3-9-15-30)33(28-10-4-1-5-11-28)29-12-6-2-7-13-29/h1-25H/b17-16+. The Kier molecular flexibility index (Phi) is 7.14. The number of hydrogen-bond donors (Lipinski definition) is 0. The summed E-state index contributed by atoms with van der Waals surface area (Å²) in [5.41, 5.74) is 9.01. The average molecular weight is 480 g/mol. The molecule has 0 saturated carbocycles. The lowest BCUT2D eigenvalue weighted by Crippen LogP contribution is -1.97. The Morgan fingerprint density at radius 1 is 0.459 bits per heavy atom. The highest BCUT2D eigenvalue weighted by Crippen LogP contribution is 2.36. The van der Waals surface area contributed by atoms with Crippen molar-refractivity contribution in [2.24, 2.45) is 0 Å². The van der Waals surface area contributed by atoms with Crippen molar-refractivity contribution in [1.29, 1.82) is 0 Å². The van der Waals surface area contributed by atoms with Gasteiger partial charge in [0.25, 0.3) is 5.69 Å². The van der Waals surface area contributed by atoms with Crippen molar-refractivity contribution in [1.82, 2.24) is 0 Å². The molecule has 0 saturated heterocycles. The Labute approximate surface area is 216 Å². The quantitative estimate of drug-likeness (QED) is 0.133. The van der Waals surface area contributed by atoms with E-state index in [1.54, 1.807) is 12.1 Å². The van der Waals surface area contributed by atoms with Crippen molar-refractivity contribution in [3.63, 3.8) is 0 Å². The number of nitrogens with zero attached hydrogens (tertiary/aromatic N) is 1. The molecular formula is C34H25NO2. The van der Waals surface area contributed by atoms with E-state index in [4.69, 9.17) is 0 Å². The van der Waals surface area contributed by atoms with E-state index >= 15 is 0 Å². The summed E-state index contributed by atoms with van der Waals surface area (Å²) in [6, 6.07) is 46.6. The fourth-order valence-electron chi connectivity index (χ4n) is 4.39. The van der Waals surface area contributed by atoms with Gasteiger partial charge in [0.15, 0.2) is 0 Å². The van der Waals surface area contributed by atoms with Crippen molar-refractivity contribution in [3.05, 3.63) is 183 Å². The van der Waals surface area contributed by atoms with Crippen LogP contribution < -0.4 is 0 Å². The first-order chi connectivity index (χ1) is 18.2. The molecule has 5 aromatic carbocycles. The van der Waals surface area contributed by atoms with Crippen LogP contribution in [0.3, 0.4) is 0 Å². The van der Waals surface area contributed by atoms with Crippen LogP contribution in [0, 0.1) is 10.1 Å². The van der Waals surface area contributed by atoms with Crippen LogP contribution >= 0.6 is 0 Å². The van der Waals surface area contributed by atoms with Crippen LogP contribution in [0.2, 0.25) is 0 Å². The minimum Gasteiger partial charge on any atom is -0.258 e. The molecule has 0 aliphatic rings. The van der Waals surface area contributed by atoms with Gasteiger partial charge in [-0.1, -0.05) is 127 Å². The molecular weight excluding hydrogens is 454 g/mol. The number of hydrogen-bond acceptors (Lipinski definition) is 2. The van der Waals surface area contributed by atoms with Crippen molar-refractivity contribution < 1.29 is 4.92 Å². The van der Waals surface area contributed by atoms with Gasteiger partial charge >= 0.3 is 0 Å². The molecule has 5 rings (SSSR count). The molecule has 0 N–H and O–H groups in total. The summed E-state index contributed by atoms with van der Waals surface area (Å²) >= 11 is 0. The van der Waals surface area contributed by atoms with Gasteiger partial charge in [-0.3, -0.25) is 10.1 Å². The molecule has 37 heavy (non-hydrogen) atoms. The molecule has 3 nitrogen and oxygen atoms in total. The van der Waals surface area contributed by atoms with E-state index in [1.807, 2.05) is 30.4 Å². The molecule has 0 heterocycles. The second-order valence-electron chi connectivity index (χ2n) is 8.65. The largest absolute Gasteiger partial charge is 0.269 e. The van der Waals surface area contributed by atoms with Gasteiger partial charge < -0.3 is 0 Å². The predicted octanol–water partition coefficient (Wildman–Crippen LogP) is 8.77. The zero-order valence-electron chi connectivity index (χ0n) is 20.2. The van der Waals surface area contributed by atoms with Crippen LogP contribution in [0.15, 0.2) is 140 Å². The van der Waals surface area contributed by atoms with Gasteiger partial charge in [-0.05, 0) is 56.7 Å². The Morgan fingerprint density at radius 3 is 1.14 bits per heavy atom. The maximum atomic E-state index is 10.9. The van der Waals surface area contributed by atoms with Crippen LogP contribution in [0.5, 0.6) is 0 Å². The first-order valence-electron chi connectivity index (χ1n) is 12.1. The van der Waals surface area contributed by atoms with Crippen LogP contribution in [-0.4, -0.2) is 4.92 Å². The lowest BCUT2D eigenvalue weighted by molar-refractivity contribution is -0.384. The van der Waals surface area contributed by atoms with Gasteiger partial charge in [0.05, 0.1) is 4.92 Å². The van der Waals surface area contributed by atoms with Crippen molar-refractivity contribution in [3.8, 4) is 0 Å². The van der Waals surface area contributed by atoms with Gasteiger partial charge in [-0.15, -0.1) is 0 Å². The molecule has 0 spiro atoms. The van der Waals surface area contributed by atoms with Gasteiger partial charge in [-0.2, -0.15) is 0 Å². The van der Waals surface area contributed by atoms with E-state index in [0.717, 1.165) is 33.4 Å². The number of nitro groups is 1. The fourth-order valence-corrected chi connectivity index (χ4v) is 4.39. The van der Waals surface area contributed by atoms with Gasteiger partial charge in [-0.25, -0.2) is 0 Å². The monoisotopic (exact) mass is 479 g/mol. The number of nitro benzene ring substituents is 1. The lowest BCUT2D eigenvalue weighted by atomic mass is 9.85. The zero-order chi connectivity index (χ0) is 25.5. The molecule has 5 aromatic rings. The topological polar surface area (TPSA) is 43.1 Å². The highest BCUT2D eigenvalue weighted by atomic mass is 16.6. The van der Waals surface area contributed by atoms with Crippen molar-refractivity contribution in [2.45, 2.75) is 0 Å². The average Bonchev–Trinajstić information content (AvgIpc) is 2.97. The summed E-state index contributed by atoms with van der Waals surface area (Å²) in [4.78, 5) is 10.5. The third kappa shape index (κ3) is 5.63. The Balaban J connectivity index is 1.58. The smallest absolute Gasteiger partial charge is 0.258 e. The van der Waals surface area contributed by atoms with E-state index in [1.165, 1.54) is 23.3 Å². The minimum atomic E-state index is -0.386. The summed E-state index contributed by atoms with van der Waals surface area (Å²) in [7, 11) is 0. The van der Waals surface area contributed by atoms with Crippen LogP contribution in [0.1, 0.15) is 33.4 Å². The summed E-state index contributed by atoms with van der Waals surface area (Å²) in [6.07, 6.45) is 3.98. The SMILES string of the molecule is O=[N+]([O-])c1ccc(/C=C/c2ccc(C(=C(c3ccccc3)c3ccccc3)c3ccccc3)cc2)cc1. The molecule has 0 unspecified atom stereocenters. The van der Waals surface area contributed by atoms with Crippen molar-refractivity contribution in [2.75, 3.05) is 0 Å². The Hall–Kier alpha value is -5.02. The molecule has 178 valence electrons. The number of rotatable bonds is 7. The summed E-state index contributed by atoms with van der Waals surface area (Å²) in [5.74, 6) is 0. The van der Waals surface area contributed by atoms with E-state index in [2.05, 4.69) is 97.1 Å². The van der Waals surface area contributed by atoms with Crippen LogP contribution in [0.25, 0.3) is 23.3 Å². The third-order valence-corrected chi connectivity index (χ3v) is 6.21. The van der Waals surface area contributed by atoms with Gasteiger partial charge in [0.1, 0.15) is 0 Å². The molecule has 0 aliphatic carbocycles. The molecule has 0 fully saturated rings. The molecule has 0 aromatic heterocycles. The molecule has 3 heteroatoms. The Morgan fingerprint density at radius 2 is 0.784 bits per heavy atom. The van der Waals surface area contributed by atoms with E-state index in [0.29, 0.717) is 0 Å². The van der Waals surface area contributed by atoms with Crippen LogP contribution in [-0.2, 0) is 0 Å². The highest BCUT2D eigenvalue weighted by Gasteiger charge is 2.15. The lowest BCUT2D eigenvalue weighted by Gasteiger charge is -2.18. The summed E-state index contributed by atoms with van der Waals surface area (Å²) < 4.78 is 0. The first-order valence-corrected chi connectivity index (χ1v) is 12.1. The second kappa shape index (κ2) is 11.1. The normalized spacial score (nSPS) is 10.8. The van der Waals surface area contributed by atoms with Crippen LogP contribution in [0.4, 0.5) is 5.69 Å². The van der Waals surface area contributed by atoms with Gasteiger partial charge in [0, 0.05) is 12.1 Å². The highest BCUT2D eigenvalue weighted by molar-refractivity contribution is 6.04. The third-order valence-electron chi connectivity index (χ3n) is 6.21. The van der Waals surface area contributed by atoms with E-state index < -0.39 is 0 Å². The molecule has 0 aliphatic heterocycles. The maximum Gasteiger partial charge on any atom is 0.269 e. The number of benzene rings is 5. The molecule has 0 atom stereocenters. The minimum absolute atomic E-state index is 0.0920. The second-order valence-corrected chi connectivity index (χ2v) is 8.65. The molecule has 0 amide bonds. The van der Waals surface area contributed by atoms with E-state index in [-0.39, 0.29) is 10.6 Å². The molecule has 0 bridgehead atoms. The number of non-ortho nitro benzene ring substituents is 1. The van der Waals surface area contributed by atoms with Crippen molar-refractivity contribution >= 4 is 29.0 Å². The maximum absolute atomic E-state index is 10.9. The van der Waals surface area contributed by atoms with E-state index in [9.17, 15) is 10.1 Å². The first kappa shape index (κ1) is 23.7.